The summed E-state index contributed by atoms with van der Waals surface area (Å²) in [7, 11) is 0. The van der Waals surface area contributed by atoms with Crippen molar-refractivity contribution < 1.29 is 4.39 Å². The first-order valence-electron chi connectivity index (χ1n) is 7.59. The van der Waals surface area contributed by atoms with Gasteiger partial charge in [0, 0.05) is 25.0 Å². The van der Waals surface area contributed by atoms with Crippen LogP contribution in [0.3, 0.4) is 0 Å². The standard InChI is InChI=1S/C17H24FN3/c1-4-16(14-5-7-15(18)8-6-14)20-11-17-19-9-10-21(17)12-13(2)3/h5-10,13,16,20H,4,11-12H2,1-3H3/t16-/m0/s1. The molecule has 1 N–H and O–H groups in total. The molecule has 0 spiro atoms. The number of imidazole rings is 1. The molecule has 2 aromatic rings. The molecule has 0 aliphatic rings. The van der Waals surface area contributed by atoms with Crippen LogP contribution in [0.5, 0.6) is 0 Å². The van der Waals surface area contributed by atoms with Gasteiger partial charge in [-0.3, -0.25) is 0 Å². The summed E-state index contributed by atoms with van der Waals surface area (Å²) in [5, 5.41) is 3.52. The van der Waals surface area contributed by atoms with Crippen LogP contribution in [0, 0.1) is 11.7 Å². The Kier molecular flexibility index (Phi) is 5.51. The van der Waals surface area contributed by atoms with E-state index in [2.05, 4.69) is 35.6 Å². The SMILES string of the molecule is CC[C@H](NCc1nccn1CC(C)C)c1ccc(F)cc1. The minimum Gasteiger partial charge on any atom is -0.334 e. The van der Waals surface area contributed by atoms with Gasteiger partial charge in [0.15, 0.2) is 0 Å². The van der Waals surface area contributed by atoms with Crippen LogP contribution in [0.1, 0.15) is 44.6 Å². The summed E-state index contributed by atoms with van der Waals surface area (Å²) < 4.78 is 15.2. The second kappa shape index (κ2) is 7.36. The maximum absolute atomic E-state index is 13.0. The van der Waals surface area contributed by atoms with Gasteiger partial charge in [0.2, 0.25) is 0 Å². The molecule has 1 heterocycles. The van der Waals surface area contributed by atoms with E-state index in [1.165, 1.54) is 12.1 Å². The minimum atomic E-state index is -0.193. The normalized spacial score (nSPS) is 12.8. The van der Waals surface area contributed by atoms with Crippen molar-refractivity contribution >= 4 is 0 Å². The van der Waals surface area contributed by atoms with Gasteiger partial charge in [-0.2, -0.15) is 0 Å². The Morgan fingerprint density at radius 3 is 2.57 bits per heavy atom. The van der Waals surface area contributed by atoms with Crippen molar-refractivity contribution in [3.63, 3.8) is 0 Å². The van der Waals surface area contributed by atoms with Crippen LogP contribution < -0.4 is 5.32 Å². The van der Waals surface area contributed by atoms with Crippen LogP contribution >= 0.6 is 0 Å². The number of halogens is 1. The van der Waals surface area contributed by atoms with E-state index < -0.39 is 0 Å². The molecule has 0 bridgehead atoms. The van der Waals surface area contributed by atoms with Crippen LogP contribution in [0.15, 0.2) is 36.7 Å². The lowest BCUT2D eigenvalue weighted by Crippen LogP contribution is -2.23. The Bertz CT molecular complexity index is 545. The van der Waals surface area contributed by atoms with Crippen molar-refractivity contribution in [1.82, 2.24) is 14.9 Å². The summed E-state index contributed by atoms with van der Waals surface area (Å²) in [5.74, 6) is 1.45. The van der Waals surface area contributed by atoms with Gasteiger partial charge in [0.25, 0.3) is 0 Å². The Hall–Kier alpha value is -1.68. The monoisotopic (exact) mass is 289 g/mol. The Morgan fingerprint density at radius 2 is 1.95 bits per heavy atom. The van der Waals surface area contributed by atoms with Crippen LogP contribution in [0.2, 0.25) is 0 Å². The summed E-state index contributed by atoms with van der Waals surface area (Å²) in [6.07, 6.45) is 4.82. The average molecular weight is 289 g/mol. The largest absolute Gasteiger partial charge is 0.334 e. The number of hydrogen-bond acceptors (Lipinski definition) is 2. The van der Waals surface area contributed by atoms with E-state index >= 15 is 0 Å². The predicted octanol–water partition coefficient (Wildman–Crippen LogP) is 3.92. The zero-order chi connectivity index (χ0) is 15.2. The van der Waals surface area contributed by atoms with Gasteiger partial charge in [-0.1, -0.05) is 32.9 Å². The third-order valence-electron chi connectivity index (χ3n) is 3.55. The molecule has 0 saturated carbocycles. The van der Waals surface area contributed by atoms with Gasteiger partial charge in [-0.05, 0) is 30.0 Å². The summed E-state index contributed by atoms with van der Waals surface area (Å²) in [5.41, 5.74) is 1.11. The van der Waals surface area contributed by atoms with Gasteiger partial charge in [-0.25, -0.2) is 9.37 Å². The molecule has 1 atom stereocenters. The molecule has 3 nitrogen and oxygen atoms in total. The molecule has 114 valence electrons. The molecule has 0 aliphatic carbocycles. The first-order chi connectivity index (χ1) is 10.1. The molecule has 21 heavy (non-hydrogen) atoms. The van der Waals surface area contributed by atoms with Gasteiger partial charge < -0.3 is 9.88 Å². The van der Waals surface area contributed by atoms with Crippen molar-refractivity contribution in [1.29, 1.82) is 0 Å². The predicted molar refractivity (Wildman–Crippen MR) is 83.3 cm³/mol. The summed E-state index contributed by atoms with van der Waals surface area (Å²) in [4.78, 5) is 4.42. The van der Waals surface area contributed by atoms with Crippen molar-refractivity contribution in [2.75, 3.05) is 0 Å². The molecule has 2 rings (SSSR count). The summed E-state index contributed by atoms with van der Waals surface area (Å²) in [6.45, 7) is 8.22. The lowest BCUT2D eigenvalue weighted by molar-refractivity contribution is 0.466. The van der Waals surface area contributed by atoms with E-state index in [-0.39, 0.29) is 11.9 Å². The quantitative estimate of drug-likeness (QED) is 0.837. The maximum atomic E-state index is 13.0. The molecular formula is C17H24FN3. The maximum Gasteiger partial charge on any atom is 0.123 e. The molecule has 0 saturated heterocycles. The van der Waals surface area contributed by atoms with E-state index in [0.717, 1.165) is 30.9 Å². The lowest BCUT2D eigenvalue weighted by atomic mass is 10.0. The highest BCUT2D eigenvalue weighted by atomic mass is 19.1. The third kappa shape index (κ3) is 4.39. The van der Waals surface area contributed by atoms with Gasteiger partial charge in [-0.15, -0.1) is 0 Å². The van der Waals surface area contributed by atoms with Gasteiger partial charge in [0.05, 0.1) is 6.54 Å². The van der Waals surface area contributed by atoms with E-state index in [0.29, 0.717) is 5.92 Å². The van der Waals surface area contributed by atoms with Crippen molar-refractivity contribution in [2.45, 2.75) is 46.3 Å². The van der Waals surface area contributed by atoms with Crippen molar-refractivity contribution in [2.24, 2.45) is 5.92 Å². The third-order valence-corrected chi connectivity index (χ3v) is 3.55. The highest BCUT2D eigenvalue weighted by Crippen LogP contribution is 2.17. The second-order valence-corrected chi connectivity index (χ2v) is 5.78. The molecule has 1 aromatic carbocycles. The van der Waals surface area contributed by atoms with Crippen LogP contribution in [0.4, 0.5) is 4.39 Å². The smallest absolute Gasteiger partial charge is 0.123 e. The Labute approximate surface area is 126 Å². The number of nitrogens with one attached hydrogen (secondary N) is 1. The second-order valence-electron chi connectivity index (χ2n) is 5.78. The van der Waals surface area contributed by atoms with E-state index in [9.17, 15) is 4.39 Å². The first kappa shape index (κ1) is 15.7. The average Bonchev–Trinajstić information content (AvgIpc) is 2.88. The first-order valence-corrected chi connectivity index (χ1v) is 7.59. The number of benzene rings is 1. The van der Waals surface area contributed by atoms with Crippen molar-refractivity contribution in [3.8, 4) is 0 Å². The van der Waals surface area contributed by atoms with Gasteiger partial charge >= 0.3 is 0 Å². The number of rotatable bonds is 7. The number of aromatic nitrogens is 2. The van der Waals surface area contributed by atoms with Crippen molar-refractivity contribution in [3.05, 3.63) is 53.9 Å². The van der Waals surface area contributed by atoms with Crippen LogP contribution in [0.25, 0.3) is 0 Å². The molecule has 0 radical (unpaired) electrons. The molecule has 0 fully saturated rings. The molecule has 0 amide bonds. The summed E-state index contributed by atoms with van der Waals surface area (Å²) >= 11 is 0. The highest BCUT2D eigenvalue weighted by Gasteiger charge is 2.11. The topological polar surface area (TPSA) is 29.9 Å². The van der Waals surface area contributed by atoms with Crippen LogP contribution in [-0.2, 0) is 13.1 Å². The Balaban J connectivity index is 2.00. The van der Waals surface area contributed by atoms with E-state index in [4.69, 9.17) is 0 Å². The molecule has 4 heteroatoms. The fourth-order valence-corrected chi connectivity index (χ4v) is 2.47. The molecular weight excluding hydrogens is 265 g/mol. The zero-order valence-corrected chi connectivity index (χ0v) is 13.0. The fraction of sp³-hybridized carbons (Fsp3) is 0.471. The molecule has 0 unspecified atom stereocenters. The van der Waals surface area contributed by atoms with E-state index in [1.807, 2.05) is 24.5 Å². The van der Waals surface area contributed by atoms with Gasteiger partial charge in [0.1, 0.15) is 11.6 Å². The Morgan fingerprint density at radius 1 is 1.24 bits per heavy atom. The highest BCUT2D eigenvalue weighted by molar-refractivity contribution is 5.19. The fourth-order valence-electron chi connectivity index (χ4n) is 2.47. The molecule has 0 aliphatic heterocycles. The minimum absolute atomic E-state index is 0.193. The van der Waals surface area contributed by atoms with E-state index in [1.54, 1.807) is 0 Å². The molecule has 1 aromatic heterocycles. The number of nitrogens with zero attached hydrogens (tertiary/aromatic N) is 2. The summed E-state index contributed by atoms with van der Waals surface area (Å²) in [6, 6.07) is 6.93. The van der Waals surface area contributed by atoms with Crippen LogP contribution in [-0.4, -0.2) is 9.55 Å². The number of hydrogen-bond donors (Lipinski definition) is 1. The zero-order valence-electron chi connectivity index (χ0n) is 13.0. The lowest BCUT2D eigenvalue weighted by Gasteiger charge is -2.18.